The summed E-state index contributed by atoms with van der Waals surface area (Å²) in [6.07, 6.45) is 2.89. The van der Waals surface area contributed by atoms with Crippen molar-refractivity contribution >= 4 is 0 Å². The Hall–Kier alpha value is -0.120. The number of hydrogen-bond acceptors (Lipinski definition) is 3. The van der Waals surface area contributed by atoms with Crippen LogP contribution in [0.4, 0.5) is 0 Å². The smallest absolute Gasteiger partial charge is 0.0613 e. The molecule has 16 heavy (non-hydrogen) atoms. The maximum Gasteiger partial charge on any atom is 0.0613 e. The summed E-state index contributed by atoms with van der Waals surface area (Å²) in [5, 5.41) is 3.57. The second kappa shape index (κ2) is 8.04. The van der Waals surface area contributed by atoms with Crippen LogP contribution in [0.1, 0.15) is 33.6 Å². The molecular formula is C13H28N2O. The summed E-state index contributed by atoms with van der Waals surface area (Å²) in [5.41, 5.74) is 0. The molecule has 1 fully saturated rings. The van der Waals surface area contributed by atoms with E-state index in [1.807, 2.05) is 0 Å². The highest BCUT2D eigenvalue weighted by Gasteiger charge is 2.25. The first-order valence-corrected chi connectivity index (χ1v) is 6.86. The Kier molecular flexibility index (Phi) is 7.01. The molecule has 1 aliphatic rings. The van der Waals surface area contributed by atoms with E-state index >= 15 is 0 Å². The van der Waals surface area contributed by atoms with E-state index in [2.05, 4.69) is 31.0 Å². The van der Waals surface area contributed by atoms with Crippen molar-refractivity contribution in [1.82, 2.24) is 10.2 Å². The Labute approximate surface area is 101 Å². The molecular weight excluding hydrogens is 200 g/mol. The van der Waals surface area contributed by atoms with Gasteiger partial charge >= 0.3 is 0 Å². The molecule has 0 aromatic heterocycles. The zero-order chi connectivity index (χ0) is 11.8. The van der Waals surface area contributed by atoms with Gasteiger partial charge in [-0.3, -0.25) is 0 Å². The molecule has 0 aromatic carbocycles. The van der Waals surface area contributed by atoms with Gasteiger partial charge in [-0.05, 0) is 31.8 Å². The molecule has 1 saturated heterocycles. The van der Waals surface area contributed by atoms with E-state index in [9.17, 15) is 0 Å². The fraction of sp³-hybridized carbons (Fsp3) is 1.00. The Morgan fingerprint density at radius 3 is 2.62 bits per heavy atom. The molecule has 0 amide bonds. The van der Waals surface area contributed by atoms with Gasteiger partial charge in [-0.2, -0.15) is 0 Å². The number of ether oxygens (including phenoxy) is 1. The Morgan fingerprint density at radius 2 is 2.00 bits per heavy atom. The van der Waals surface area contributed by atoms with Crippen LogP contribution in [0.5, 0.6) is 0 Å². The summed E-state index contributed by atoms with van der Waals surface area (Å²) in [4.78, 5) is 2.45. The van der Waals surface area contributed by atoms with Gasteiger partial charge in [-0.15, -0.1) is 0 Å². The summed E-state index contributed by atoms with van der Waals surface area (Å²) < 4.78 is 5.68. The molecule has 0 spiro atoms. The van der Waals surface area contributed by atoms with Gasteiger partial charge in [0.2, 0.25) is 0 Å². The fourth-order valence-electron chi connectivity index (χ4n) is 2.44. The van der Waals surface area contributed by atoms with Crippen molar-refractivity contribution in [2.75, 3.05) is 39.3 Å². The molecule has 3 heteroatoms. The van der Waals surface area contributed by atoms with Gasteiger partial charge in [0.1, 0.15) is 0 Å². The lowest BCUT2D eigenvalue weighted by Gasteiger charge is -2.20. The summed E-state index contributed by atoms with van der Waals surface area (Å²) in [7, 11) is 0. The normalized spacial score (nSPS) is 25.5. The number of likely N-dealkylation sites (N-methyl/N-ethyl adjacent to an activating group) is 1. The lowest BCUT2D eigenvalue weighted by atomic mass is 10.00. The predicted octanol–water partition coefficient (Wildman–Crippen LogP) is 1.73. The Balaban J connectivity index is 2.06. The van der Waals surface area contributed by atoms with Crippen molar-refractivity contribution in [2.24, 2.45) is 5.92 Å². The van der Waals surface area contributed by atoms with Crippen LogP contribution in [0.15, 0.2) is 0 Å². The average Bonchev–Trinajstić information content (AvgIpc) is 2.77. The fourth-order valence-corrected chi connectivity index (χ4v) is 2.44. The van der Waals surface area contributed by atoms with Crippen molar-refractivity contribution < 1.29 is 4.74 Å². The summed E-state index contributed by atoms with van der Waals surface area (Å²) in [6.45, 7) is 13.3. The van der Waals surface area contributed by atoms with Gasteiger partial charge in [0.15, 0.2) is 0 Å². The standard InChI is InChI=1S/C13H28N2O/c1-4-13-12(7-10-16-13)11-14-8-9-15(5-2)6-3/h12-14H,4-11H2,1-3H3. The van der Waals surface area contributed by atoms with Gasteiger partial charge in [-0.25, -0.2) is 0 Å². The van der Waals surface area contributed by atoms with Gasteiger partial charge in [0.05, 0.1) is 6.10 Å². The third-order valence-corrected chi connectivity index (χ3v) is 3.65. The molecule has 2 unspecified atom stereocenters. The van der Waals surface area contributed by atoms with Crippen LogP contribution in [0, 0.1) is 5.92 Å². The molecule has 0 saturated carbocycles. The number of nitrogens with zero attached hydrogens (tertiary/aromatic N) is 1. The minimum absolute atomic E-state index is 0.501. The van der Waals surface area contributed by atoms with Crippen LogP contribution in [0.3, 0.4) is 0 Å². The molecule has 3 nitrogen and oxygen atoms in total. The van der Waals surface area contributed by atoms with Gasteiger partial charge in [-0.1, -0.05) is 20.8 Å². The Morgan fingerprint density at radius 1 is 1.25 bits per heavy atom. The quantitative estimate of drug-likeness (QED) is 0.640. The summed E-state index contributed by atoms with van der Waals surface area (Å²) in [5.74, 6) is 0.738. The molecule has 1 heterocycles. The van der Waals surface area contributed by atoms with E-state index in [-0.39, 0.29) is 0 Å². The minimum atomic E-state index is 0.501. The number of nitrogens with one attached hydrogen (secondary N) is 1. The van der Waals surface area contributed by atoms with E-state index < -0.39 is 0 Å². The molecule has 2 atom stereocenters. The average molecular weight is 228 g/mol. The van der Waals surface area contributed by atoms with Crippen molar-refractivity contribution in [3.8, 4) is 0 Å². The van der Waals surface area contributed by atoms with Crippen molar-refractivity contribution in [1.29, 1.82) is 0 Å². The van der Waals surface area contributed by atoms with Crippen LogP contribution in [-0.2, 0) is 4.74 Å². The lowest BCUT2D eigenvalue weighted by Crippen LogP contribution is -2.35. The van der Waals surface area contributed by atoms with E-state index in [0.717, 1.165) is 51.7 Å². The first-order chi connectivity index (χ1) is 7.81. The third kappa shape index (κ3) is 4.40. The van der Waals surface area contributed by atoms with Crippen LogP contribution >= 0.6 is 0 Å². The maximum absolute atomic E-state index is 5.68. The molecule has 1 rings (SSSR count). The topological polar surface area (TPSA) is 24.5 Å². The third-order valence-electron chi connectivity index (χ3n) is 3.65. The Bertz CT molecular complexity index is 171. The van der Waals surface area contributed by atoms with Gasteiger partial charge in [0, 0.05) is 26.2 Å². The number of hydrogen-bond donors (Lipinski definition) is 1. The summed E-state index contributed by atoms with van der Waals surface area (Å²) in [6, 6.07) is 0. The van der Waals surface area contributed by atoms with Crippen molar-refractivity contribution in [2.45, 2.75) is 39.7 Å². The molecule has 0 bridgehead atoms. The molecule has 1 N–H and O–H groups in total. The van der Waals surface area contributed by atoms with E-state index in [4.69, 9.17) is 4.74 Å². The number of rotatable bonds is 8. The predicted molar refractivity (Wildman–Crippen MR) is 68.8 cm³/mol. The highest BCUT2D eigenvalue weighted by molar-refractivity contribution is 4.77. The summed E-state index contributed by atoms with van der Waals surface area (Å²) >= 11 is 0. The minimum Gasteiger partial charge on any atom is -0.378 e. The van der Waals surface area contributed by atoms with Crippen LogP contribution in [0.2, 0.25) is 0 Å². The highest BCUT2D eigenvalue weighted by atomic mass is 16.5. The van der Waals surface area contributed by atoms with Gasteiger partial charge in [0.25, 0.3) is 0 Å². The second-order valence-corrected chi connectivity index (χ2v) is 4.60. The van der Waals surface area contributed by atoms with E-state index in [0.29, 0.717) is 6.10 Å². The van der Waals surface area contributed by atoms with Crippen LogP contribution in [-0.4, -0.2) is 50.3 Å². The van der Waals surface area contributed by atoms with E-state index in [1.165, 1.54) is 6.42 Å². The van der Waals surface area contributed by atoms with Gasteiger partial charge < -0.3 is 15.0 Å². The van der Waals surface area contributed by atoms with Crippen LogP contribution < -0.4 is 5.32 Å². The monoisotopic (exact) mass is 228 g/mol. The first kappa shape index (κ1) is 13.9. The van der Waals surface area contributed by atoms with Crippen LogP contribution in [0.25, 0.3) is 0 Å². The first-order valence-electron chi connectivity index (χ1n) is 6.86. The maximum atomic E-state index is 5.68. The lowest BCUT2D eigenvalue weighted by molar-refractivity contribution is 0.0871. The zero-order valence-electron chi connectivity index (χ0n) is 11.2. The molecule has 96 valence electrons. The zero-order valence-corrected chi connectivity index (χ0v) is 11.2. The van der Waals surface area contributed by atoms with Crippen molar-refractivity contribution in [3.05, 3.63) is 0 Å². The molecule has 0 aromatic rings. The highest BCUT2D eigenvalue weighted by Crippen LogP contribution is 2.22. The second-order valence-electron chi connectivity index (χ2n) is 4.60. The van der Waals surface area contributed by atoms with E-state index in [1.54, 1.807) is 0 Å². The molecule has 0 aliphatic carbocycles. The molecule has 1 aliphatic heterocycles. The van der Waals surface area contributed by atoms with Crippen molar-refractivity contribution in [3.63, 3.8) is 0 Å². The largest absolute Gasteiger partial charge is 0.378 e. The SMILES string of the molecule is CCC1OCCC1CNCCN(CC)CC. The molecule has 0 radical (unpaired) electrons.